The van der Waals surface area contributed by atoms with Crippen LogP contribution in [0.5, 0.6) is 5.75 Å². The first-order chi connectivity index (χ1) is 14.9. The Hall–Kier alpha value is -2.84. The van der Waals surface area contributed by atoms with Gasteiger partial charge in [0.25, 0.3) is 0 Å². The van der Waals surface area contributed by atoms with Crippen molar-refractivity contribution in [3.8, 4) is 5.75 Å². The molecule has 1 amide bonds. The first kappa shape index (κ1) is 22.8. The normalized spacial score (nSPS) is 15.2. The van der Waals surface area contributed by atoms with E-state index < -0.39 is 10.0 Å². The average Bonchev–Trinajstić information content (AvgIpc) is 2.78. The van der Waals surface area contributed by atoms with Crippen molar-refractivity contribution in [1.29, 1.82) is 0 Å². The molecule has 2 aromatic rings. The van der Waals surface area contributed by atoms with E-state index in [-0.39, 0.29) is 12.5 Å². The van der Waals surface area contributed by atoms with Gasteiger partial charge in [-0.25, -0.2) is 8.42 Å². The maximum atomic E-state index is 12.9. The van der Waals surface area contributed by atoms with E-state index in [4.69, 9.17) is 4.74 Å². The molecule has 1 aliphatic heterocycles. The maximum Gasteiger partial charge on any atom is 0.243 e. The van der Waals surface area contributed by atoms with E-state index in [0.29, 0.717) is 24.5 Å². The van der Waals surface area contributed by atoms with Crippen molar-refractivity contribution >= 4 is 27.7 Å². The van der Waals surface area contributed by atoms with Gasteiger partial charge in [0.15, 0.2) is 0 Å². The van der Waals surface area contributed by atoms with Gasteiger partial charge in [0.1, 0.15) is 12.3 Å². The Kier molecular flexibility index (Phi) is 7.70. The average molecular weight is 444 g/mol. The van der Waals surface area contributed by atoms with Gasteiger partial charge < -0.3 is 9.64 Å². The summed E-state index contributed by atoms with van der Waals surface area (Å²) in [6.07, 6.45) is 5.32. The van der Waals surface area contributed by atoms with Crippen LogP contribution in [0.4, 0.5) is 5.69 Å². The number of benzene rings is 2. The summed E-state index contributed by atoms with van der Waals surface area (Å²) in [7, 11) is -2.17. The summed E-state index contributed by atoms with van der Waals surface area (Å²) in [5.41, 5.74) is 1.53. The number of amides is 1. The van der Waals surface area contributed by atoms with Crippen LogP contribution in [0.2, 0.25) is 0 Å². The predicted molar refractivity (Wildman–Crippen MR) is 124 cm³/mol. The van der Waals surface area contributed by atoms with Crippen LogP contribution in [0.3, 0.4) is 0 Å². The lowest BCUT2D eigenvalue weighted by Gasteiger charge is -2.35. The van der Waals surface area contributed by atoms with Crippen LogP contribution in [0.15, 0.2) is 60.7 Å². The summed E-state index contributed by atoms with van der Waals surface area (Å²) >= 11 is 0. The van der Waals surface area contributed by atoms with Gasteiger partial charge in [0, 0.05) is 32.7 Å². The third kappa shape index (κ3) is 6.32. The minimum atomic E-state index is -3.65. The van der Waals surface area contributed by atoms with Crippen LogP contribution in [-0.2, 0) is 14.8 Å². The highest BCUT2D eigenvalue weighted by molar-refractivity contribution is 7.92. The Morgan fingerprint density at radius 2 is 1.68 bits per heavy atom. The number of hydrogen-bond acceptors (Lipinski definition) is 5. The second-order valence-corrected chi connectivity index (χ2v) is 9.34. The van der Waals surface area contributed by atoms with Crippen molar-refractivity contribution in [3.63, 3.8) is 0 Å². The fraction of sp³-hybridized carbons (Fsp3) is 0.348. The molecule has 166 valence electrons. The standard InChI is InChI=1S/C23H29N3O4S/c1-30-22-13-7-6-12-21(22)26(31(2,28)29)19-23(27)25-17-15-24(16-18-25)14-8-11-20-9-4-3-5-10-20/h3-13H,14-19H2,1-2H3/b11-8+. The molecule has 0 spiro atoms. The summed E-state index contributed by atoms with van der Waals surface area (Å²) < 4.78 is 31.2. The zero-order valence-electron chi connectivity index (χ0n) is 18.0. The van der Waals surface area contributed by atoms with Crippen LogP contribution in [0.1, 0.15) is 5.56 Å². The Morgan fingerprint density at radius 1 is 1.03 bits per heavy atom. The van der Waals surface area contributed by atoms with Crippen molar-refractivity contribution < 1.29 is 17.9 Å². The van der Waals surface area contributed by atoms with E-state index in [1.165, 1.54) is 7.11 Å². The second-order valence-electron chi connectivity index (χ2n) is 7.44. The quantitative estimate of drug-likeness (QED) is 0.626. The lowest BCUT2D eigenvalue weighted by Crippen LogP contribution is -2.51. The summed E-state index contributed by atoms with van der Waals surface area (Å²) in [4.78, 5) is 16.9. The third-order valence-corrected chi connectivity index (χ3v) is 6.36. The molecule has 0 bridgehead atoms. The van der Waals surface area contributed by atoms with Gasteiger partial charge in [-0.1, -0.05) is 54.6 Å². The van der Waals surface area contributed by atoms with Crippen molar-refractivity contribution in [2.75, 3.05) is 56.9 Å². The first-order valence-electron chi connectivity index (χ1n) is 10.2. The zero-order valence-corrected chi connectivity index (χ0v) is 18.8. The highest BCUT2D eigenvalue weighted by Crippen LogP contribution is 2.29. The summed E-state index contributed by atoms with van der Waals surface area (Å²) in [5, 5.41) is 0. The van der Waals surface area contributed by atoms with Crippen LogP contribution in [0.25, 0.3) is 6.08 Å². The van der Waals surface area contributed by atoms with Crippen LogP contribution < -0.4 is 9.04 Å². The topological polar surface area (TPSA) is 70.2 Å². The van der Waals surface area contributed by atoms with E-state index in [1.54, 1.807) is 29.2 Å². The van der Waals surface area contributed by atoms with Crippen molar-refractivity contribution in [3.05, 3.63) is 66.2 Å². The number of para-hydroxylation sites is 2. The van der Waals surface area contributed by atoms with Crippen LogP contribution in [0, 0.1) is 0 Å². The largest absolute Gasteiger partial charge is 0.495 e. The highest BCUT2D eigenvalue weighted by atomic mass is 32.2. The molecule has 1 heterocycles. The molecule has 1 saturated heterocycles. The second kappa shape index (κ2) is 10.5. The predicted octanol–water partition coefficient (Wildman–Crippen LogP) is 2.32. The van der Waals surface area contributed by atoms with Gasteiger partial charge in [-0.2, -0.15) is 0 Å². The lowest BCUT2D eigenvalue weighted by atomic mass is 10.2. The van der Waals surface area contributed by atoms with E-state index in [0.717, 1.165) is 35.8 Å². The SMILES string of the molecule is COc1ccccc1N(CC(=O)N1CCN(C/C=C/c2ccccc2)CC1)S(C)(=O)=O. The fourth-order valence-electron chi connectivity index (χ4n) is 3.52. The minimum Gasteiger partial charge on any atom is -0.495 e. The molecule has 31 heavy (non-hydrogen) atoms. The van der Waals surface area contributed by atoms with Gasteiger partial charge >= 0.3 is 0 Å². The molecular weight excluding hydrogens is 414 g/mol. The molecular formula is C23H29N3O4S. The van der Waals surface area contributed by atoms with Gasteiger partial charge in [0.2, 0.25) is 15.9 Å². The highest BCUT2D eigenvalue weighted by Gasteiger charge is 2.27. The third-order valence-electron chi connectivity index (χ3n) is 5.23. The van der Waals surface area contributed by atoms with E-state index in [1.807, 2.05) is 18.2 Å². The Balaban J connectivity index is 1.57. The number of sulfonamides is 1. The molecule has 0 unspecified atom stereocenters. The van der Waals surface area contributed by atoms with Crippen LogP contribution >= 0.6 is 0 Å². The molecule has 2 aromatic carbocycles. The molecule has 8 heteroatoms. The minimum absolute atomic E-state index is 0.212. The molecule has 1 aliphatic rings. The number of ether oxygens (including phenoxy) is 1. The van der Waals surface area contributed by atoms with E-state index in [9.17, 15) is 13.2 Å². The number of methoxy groups -OCH3 is 1. The number of rotatable bonds is 8. The van der Waals surface area contributed by atoms with Gasteiger partial charge in [0.05, 0.1) is 19.1 Å². The molecule has 1 fully saturated rings. The van der Waals surface area contributed by atoms with Crippen LogP contribution in [-0.4, -0.2) is 76.8 Å². The monoisotopic (exact) mass is 443 g/mol. The number of carbonyl (C=O) groups excluding carboxylic acids is 1. The molecule has 0 atom stereocenters. The smallest absolute Gasteiger partial charge is 0.243 e. The van der Waals surface area contributed by atoms with Crippen molar-refractivity contribution in [2.45, 2.75) is 0 Å². The Morgan fingerprint density at radius 3 is 2.32 bits per heavy atom. The molecule has 0 saturated carbocycles. The summed E-state index contributed by atoms with van der Waals surface area (Å²) in [6, 6.07) is 16.9. The summed E-state index contributed by atoms with van der Waals surface area (Å²) in [5.74, 6) is 0.201. The molecule has 0 N–H and O–H groups in total. The van der Waals surface area contributed by atoms with E-state index >= 15 is 0 Å². The summed E-state index contributed by atoms with van der Waals surface area (Å²) in [6.45, 7) is 3.21. The molecule has 0 aliphatic carbocycles. The van der Waals surface area contributed by atoms with Crippen molar-refractivity contribution in [2.24, 2.45) is 0 Å². The fourth-order valence-corrected chi connectivity index (χ4v) is 4.37. The Bertz CT molecular complexity index is 1000. The van der Waals surface area contributed by atoms with Gasteiger partial charge in [-0.15, -0.1) is 0 Å². The van der Waals surface area contributed by atoms with Gasteiger partial charge in [-0.05, 0) is 17.7 Å². The van der Waals surface area contributed by atoms with E-state index in [2.05, 4.69) is 29.2 Å². The first-order valence-corrected chi connectivity index (χ1v) is 12.1. The Labute approximate surface area is 184 Å². The number of nitrogens with zero attached hydrogens (tertiary/aromatic N) is 3. The molecule has 0 aromatic heterocycles. The molecule has 3 rings (SSSR count). The number of piperazine rings is 1. The number of hydrogen-bond donors (Lipinski definition) is 0. The maximum absolute atomic E-state index is 12.9. The van der Waals surface area contributed by atoms with Gasteiger partial charge in [-0.3, -0.25) is 14.0 Å². The number of anilines is 1. The zero-order chi connectivity index (χ0) is 22.3. The number of carbonyl (C=O) groups is 1. The lowest BCUT2D eigenvalue weighted by molar-refractivity contribution is -0.131. The molecule has 0 radical (unpaired) electrons. The molecule has 7 nitrogen and oxygen atoms in total. The van der Waals surface area contributed by atoms with Crippen molar-refractivity contribution in [1.82, 2.24) is 9.80 Å².